The first-order chi connectivity index (χ1) is 35.1. The Morgan fingerprint density at radius 2 is 1.30 bits per heavy atom. The molecule has 16 heteroatoms. The van der Waals surface area contributed by atoms with Crippen molar-refractivity contribution in [2.24, 2.45) is 23.7 Å². The van der Waals surface area contributed by atoms with Crippen molar-refractivity contribution in [2.75, 3.05) is 26.3 Å². The Balaban J connectivity index is 0.840. The molecule has 2 bridgehead atoms. The summed E-state index contributed by atoms with van der Waals surface area (Å²) in [5.74, 6) is -5.74. The number of alkyl carbamates (subject to hydrolysis) is 1. The number of carbonyl (C=O) groups is 7. The molecule has 0 saturated carbocycles. The summed E-state index contributed by atoms with van der Waals surface area (Å²) in [4.78, 5) is 98.6. The number of carbonyl (C=O) groups excluding carboxylic acids is 7. The van der Waals surface area contributed by atoms with Crippen LogP contribution in [0.4, 0.5) is 4.79 Å². The number of likely N-dealkylation sites (tertiary alicyclic amines) is 2. The van der Waals surface area contributed by atoms with Crippen LogP contribution in [-0.4, -0.2) is 113 Å². The average molecular weight is 987 g/mol. The summed E-state index contributed by atoms with van der Waals surface area (Å²) >= 11 is 0. The van der Waals surface area contributed by atoms with Gasteiger partial charge in [0.25, 0.3) is 0 Å². The van der Waals surface area contributed by atoms with Gasteiger partial charge in [-0.15, -0.1) is 0 Å². The first-order valence-corrected chi connectivity index (χ1v) is 24.7. The fourth-order valence-electron chi connectivity index (χ4n) is 11.7. The van der Waals surface area contributed by atoms with Crippen LogP contribution in [0.1, 0.15) is 59.5 Å². The minimum absolute atomic E-state index is 0.0251. The summed E-state index contributed by atoms with van der Waals surface area (Å²) in [6, 6.07) is 26.4. The van der Waals surface area contributed by atoms with Crippen LogP contribution in [0.25, 0.3) is 32.3 Å². The van der Waals surface area contributed by atoms with E-state index in [4.69, 9.17) is 18.9 Å². The second kappa shape index (κ2) is 18.4. The highest BCUT2D eigenvalue weighted by Gasteiger charge is 2.62. The predicted molar refractivity (Wildman–Crippen MR) is 267 cm³/mol. The highest BCUT2D eigenvalue weighted by Crippen LogP contribution is 2.49. The lowest BCUT2D eigenvalue weighted by Gasteiger charge is -2.32. The number of fused-ring (bicyclic) bond motifs is 7. The molecule has 73 heavy (non-hydrogen) atoms. The number of aryl methyl sites for hydroxylation is 1. The molecule has 9 atom stereocenters. The highest BCUT2D eigenvalue weighted by atomic mass is 16.6. The third-order valence-corrected chi connectivity index (χ3v) is 15.1. The van der Waals surface area contributed by atoms with Crippen LogP contribution in [0.3, 0.4) is 0 Å². The number of nitrogens with zero attached hydrogens (tertiary/aromatic N) is 2. The van der Waals surface area contributed by atoms with Gasteiger partial charge in [-0.25, -0.2) is 4.79 Å². The molecule has 4 heterocycles. The molecular weight excluding hydrogens is 933 g/mol. The zero-order valence-corrected chi connectivity index (χ0v) is 40.7. The van der Waals surface area contributed by atoms with Gasteiger partial charge in [-0.3, -0.25) is 38.6 Å². The van der Waals surface area contributed by atoms with Gasteiger partial charge in [-0.05, 0) is 95.3 Å². The second-order valence-corrected chi connectivity index (χ2v) is 20.7. The predicted octanol–water partition coefficient (Wildman–Crippen LogP) is 5.91. The summed E-state index contributed by atoms with van der Waals surface area (Å²) in [6.45, 7) is 5.84. The van der Waals surface area contributed by atoms with E-state index in [0.29, 0.717) is 17.4 Å². The minimum atomic E-state index is -1.54. The molecule has 4 aliphatic heterocycles. The zero-order valence-electron chi connectivity index (χ0n) is 40.7. The van der Waals surface area contributed by atoms with E-state index in [-0.39, 0.29) is 67.7 Å². The molecule has 6 aromatic carbocycles. The number of rotatable bonds is 15. The first-order valence-electron chi connectivity index (χ1n) is 24.7. The van der Waals surface area contributed by atoms with Gasteiger partial charge >= 0.3 is 6.09 Å². The van der Waals surface area contributed by atoms with Crippen molar-refractivity contribution in [3.05, 3.63) is 131 Å². The lowest BCUT2D eigenvalue weighted by atomic mass is 9.75. The van der Waals surface area contributed by atoms with Crippen molar-refractivity contribution < 1.29 is 57.6 Å². The van der Waals surface area contributed by atoms with Crippen molar-refractivity contribution in [1.82, 2.24) is 20.4 Å². The van der Waals surface area contributed by atoms with Gasteiger partial charge in [0, 0.05) is 18.7 Å². The minimum Gasteiger partial charge on any atom is -0.491 e. The van der Waals surface area contributed by atoms with E-state index in [1.807, 2.05) is 24.3 Å². The summed E-state index contributed by atoms with van der Waals surface area (Å²) in [6.07, 6.45) is 0.910. The van der Waals surface area contributed by atoms with Crippen molar-refractivity contribution in [2.45, 2.75) is 76.5 Å². The van der Waals surface area contributed by atoms with Gasteiger partial charge in [-0.2, -0.15) is 0 Å². The van der Waals surface area contributed by atoms with Crippen LogP contribution in [0.2, 0.25) is 0 Å². The van der Waals surface area contributed by atoms with E-state index >= 15 is 0 Å². The summed E-state index contributed by atoms with van der Waals surface area (Å²) in [7, 11) is 0. The molecule has 0 spiro atoms. The number of aliphatic hydroxyl groups is 1. The van der Waals surface area contributed by atoms with Crippen molar-refractivity contribution in [1.29, 1.82) is 0 Å². The highest BCUT2D eigenvalue weighted by molar-refractivity contribution is 6.23. The molecule has 5 aliphatic rings. The summed E-state index contributed by atoms with van der Waals surface area (Å²) < 4.78 is 23.9. The molecule has 6 amide bonds. The van der Waals surface area contributed by atoms with E-state index in [0.717, 1.165) is 42.8 Å². The Labute approximate surface area is 419 Å². The molecule has 3 saturated heterocycles. The van der Waals surface area contributed by atoms with E-state index < -0.39 is 89.4 Å². The zero-order chi connectivity index (χ0) is 51.0. The van der Waals surface area contributed by atoms with Gasteiger partial charge in [0.1, 0.15) is 30.3 Å². The number of hydrogen-bond donors (Lipinski definition) is 3. The Morgan fingerprint density at radius 3 is 1.99 bits per heavy atom. The van der Waals surface area contributed by atoms with Gasteiger partial charge in [0.15, 0.2) is 6.29 Å². The van der Waals surface area contributed by atoms with Crippen molar-refractivity contribution in [3.63, 3.8) is 0 Å². The Kier molecular flexibility index (Phi) is 12.0. The first kappa shape index (κ1) is 47.6. The SMILES string of the molecule is Cc1cccc(OCC(CNC(=O)OC(C)(C)C)N2C(=O)C3Cc4cccc(OCC(CNC(=O)Cc5ccc6ccc7cccc8ccc5c6c78)N5C(=O)C6[C@@H](C5=O)[C@@H]5C=C[C@H]6O5)c4C(O)C3C2=O)c1C=O. The monoisotopic (exact) mass is 986 g/mol. The maximum Gasteiger partial charge on any atom is 0.407 e. The van der Waals surface area contributed by atoms with Crippen LogP contribution >= 0.6 is 0 Å². The molecule has 0 radical (unpaired) electrons. The van der Waals surface area contributed by atoms with Crippen LogP contribution in [0.15, 0.2) is 103 Å². The molecule has 6 aromatic rings. The van der Waals surface area contributed by atoms with Crippen LogP contribution < -0.4 is 20.1 Å². The van der Waals surface area contributed by atoms with Crippen LogP contribution in [0.5, 0.6) is 11.5 Å². The number of imide groups is 2. The topological polar surface area (TPSA) is 207 Å². The summed E-state index contributed by atoms with van der Waals surface area (Å²) in [5.41, 5.74) is 1.73. The van der Waals surface area contributed by atoms with E-state index in [9.17, 15) is 38.7 Å². The van der Waals surface area contributed by atoms with Gasteiger partial charge in [0.2, 0.25) is 29.5 Å². The summed E-state index contributed by atoms with van der Waals surface area (Å²) in [5, 5.41) is 24.3. The quantitative estimate of drug-likeness (QED) is 0.0475. The molecule has 11 rings (SSSR count). The number of aliphatic hydroxyl groups excluding tert-OH is 1. The molecule has 16 nitrogen and oxygen atoms in total. The Bertz CT molecular complexity index is 3260. The molecule has 3 fully saturated rings. The van der Waals surface area contributed by atoms with Gasteiger partial charge in [0.05, 0.1) is 66.1 Å². The molecule has 374 valence electrons. The van der Waals surface area contributed by atoms with Gasteiger partial charge in [-0.1, -0.05) is 91.0 Å². The fraction of sp³-hybridized carbons (Fsp3) is 0.351. The van der Waals surface area contributed by atoms with Crippen LogP contribution in [-0.2, 0) is 46.3 Å². The third kappa shape index (κ3) is 8.31. The standard InChI is InChI=1S/C57H54N4O12/c1-29-8-5-12-40(39(29)26-62)70-27-36(25-59-56(69)73-57(2,3)4)60-52(65)38-22-34-11-7-13-41(47(34)51(64)48(38)53(60)66)71-28-35(61-54(67)49-42-20-21-43(72-42)50(49)55(61)68)24-58-44(63)23-33-17-16-32-15-14-30-9-6-10-31-18-19-37(33)46(32)45(30)31/h5-21,26,35-36,38,42-43,48-51,64H,22-25,27-28H2,1-4H3,(H,58,63)(H,59,69)/t35?,36?,38?,42-,43+,48?,49-,50?,51?/m0/s1. The van der Waals surface area contributed by atoms with Crippen molar-refractivity contribution >= 4 is 74.2 Å². The number of aldehydes is 1. The number of benzene rings is 6. The lowest BCUT2D eigenvalue weighted by molar-refractivity contribution is -0.147. The maximum absolute atomic E-state index is 14.6. The molecule has 3 N–H and O–H groups in total. The van der Waals surface area contributed by atoms with Crippen molar-refractivity contribution in [3.8, 4) is 11.5 Å². The van der Waals surface area contributed by atoms with E-state index in [1.165, 1.54) is 4.90 Å². The molecule has 0 aromatic heterocycles. The van der Waals surface area contributed by atoms with E-state index in [1.54, 1.807) is 76.2 Å². The number of amides is 6. The van der Waals surface area contributed by atoms with Gasteiger partial charge < -0.3 is 34.7 Å². The normalized spacial score (nSPS) is 23.8. The average Bonchev–Trinajstić information content (AvgIpc) is 4.11. The number of hydrogen-bond acceptors (Lipinski definition) is 12. The smallest absolute Gasteiger partial charge is 0.407 e. The fourth-order valence-corrected chi connectivity index (χ4v) is 11.7. The Morgan fingerprint density at radius 1 is 0.726 bits per heavy atom. The molecular formula is C57H54N4O12. The maximum atomic E-state index is 14.6. The molecule has 1 aliphatic carbocycles. The third-order valence-electron chi connectivity index (χ3n) is 15.1. The number of nitrogens with one attached hydrogen (secondary N) is 2. The number of ether oxygens (including phenoxy) is 4. The second-order valence-electron chi connectivity index (χ2n) is 20.7. The van der Waals surface area contributed by atoms with Crippen LogP contribution in [0, 0.1) is 30.6 Å². The largest absolute Gasteiger partial charge is 0.491 e. The lowest BCUT2D eigenvalue weighted by Crippen LogP contribution is -2.51. The Hall–Kier alpha value is -7.69. The van der Waals surface area contributed by atoms with E-state index in [2.05, 4.69) is 41.0 Å². The molecule has 6 unspecified atom stereocenters.